The standard InChI is InChI=1S/C35H43NO4S/c1-5-6-8-28-23(2)19-26(41-28)22-39-18-7-13-34-15-14-33(3,38-4)32-35(34)16-17-36(21-24-9-10-24)29(34)20-25-11-12-27(37)31(40-32)30(25)35/h1,6,8,11-12,19,24,29,32,37H,7,9-10,13-18,20-22H2,2-4H3/b8-6-/t29-,32+,33+,34+,35+/m1/s1. The quantitative estimate of drug-likeness (QED) is 0.255. The molecule has 6 heteroatoms. The third-order valence-corrected chi connectivity index (χ3v) is 12.5. The Hall–Kier alpha value is -2.30. The van der Waals surface area contributed by atoms with Crippen LogP contribution >= 0.6 is 11.3 Å². The summed E-state index contributed by atoms with van der Waals surface area (Å²) in [6, 6.07) is 6.74. The number of hydrogen-bond donors (Lipinski definition) is 1. The number of allylic oxidation sites excluding steroid dienone is 1. The predicted octanol–water partition coefficient (Wildman–Crippen LogP) is 6.63. The van der Waals surface area contributed by atoms with Crippen molar-refractivity contribution >= 4 is 17.4 Å². The number of benzene rings is 1. The Morgan fingerprint density at radius 3 is 2.90 bits per heavy atom. The monoisotopic (exact) mass is 573 g/mol. The molecule has 5 nitrogen and oxygen atoms in total. The minimum atomic E-state index is -0.383. The van der Waals surface area contributed by atoms with E-state index >= 15 is 0 Å². The second kappa shape index (κ2) is 10.2. The van der Waals surface area contributed by atoms with Gasteiger partial charge in [0.05, 0.1) is 6.61 Å². The fourth-order valence-electron chi connectivity index (χ4n) is 9.21. The molecule has 1 aromatic heterocycles. The summed E-state index contributed by atoms with van der Waals surface area (Å²) < 4.78 is 19.4. The van der Waals surface area contributed by atoms with Crippen molar-refractivity contribution in [2.75, 3.05) is 26.8 Å². The zero-order valence-corrected chi connectivity index (χ0v) is 25.5. The highest BCUT2D eigenvalue weighted by molar-refractivity contribution is 7.13. The van der Waals surface area contributed by atoms with Gasteiger partial charge in [0.2, 0.25) is 0 Å². The van der Waals surface area contributed by atoms with Crippen LogP contribution in [0.2, 0.25) is 0 Å². The van der Waals surface area contributed by atoms with E-state index in [1.807, 2.05) is 19.3 Å². The fraction of sp³-hybridized carbons (Fsp3) is 0.600. The highest BCUT2D eigenvalue weighted by Gasteiger charge is 2.74. The summed E-state index contributed by atoms with van der Waals surface area (Å²) in [5.74, 6) is 4.46. The molecule has 41 heavy (non-hydrogen) atoms. The summed E-state index contributed by atoms with van der Waals surface area (Å²) in [5.41, 5.74) is 3.47. The number of ether oxygens (including phenoxy) is 3. The van der Waals surface area contributed by atoms with Crippen molar-refractivity contribution in [3.8, 4) is 23.8 Å². The Morgan fingerprint density at radius 2 is 2.12 bits per heavy atom. The third kappa shape index (κ3) is 4.14. The number of rotatable bonds is 10. The van der Waals surface area contributed by atoms with Crippen LogP contribution in [0, 0.1) is 30.6 Å². The number of aromatic hydroxyl groups is 1. The highest BCUT2D eigenvalue weighted by atomic mass is 32.1. The van der Waals surface area contributed by atoms with Crippen LogP contribution in [0.15, 0.2) is 24.3 Å². The second-order valence-corrected chi connectivity index (χ2v) is 14.6. The van der Waals surface area contributed by atoms with Crippen LogP contribution in [0.5, 0.6) is 11.5 Å². The Bertz CT molecular complexity index is 1400. The van der Waals surface area contributed by atoms with Crippen LogP contribution in [-0.2, 0) is 27.9 Å². The molecule has 5 atom stereocenters. The molecule has 0 amide bonds. The molecule has 1 spiro atoms. The lowest BCUT2D eigenvalue weighted by Crippen LogP contribution is -2.75. The molecule has 1 aromatic carbocycles. The predicted molar refractivity (Wildman–Crippen MR) is 164 cm³/mol. The van der Waals surface area contributed by atoms with Crippen molar-refractivity contribution in [2.24, 2.45) is 11.3 Å². The molecular formula is C35H43NO4S. The highest BCUT2D eigenvalue weighted by Crippen LogP contribution is 2.72. The van der Waals surface area contributed by atoms with Crippen molar-refractivity contribution in [3.05, 3.63) is 50.7 Å². The molecule has 3 fully saturated rings. The van der Waals surface area contributed by atoms with E-state index in [4.69, 9.17) is 20.6 Å². The average molecular weight is 574 g/mol. The van der Waals surface area contributed by atoms with E-state index in [2.05, 4.69) is 36.8 Å². The first-order valence-electron chi connectivity index (χ1n) is 15.5. The molecule has 218 valence electrons. The SMILES string of the molecule is C#C/C=C\c1sc(COCCC[C@@]23CC[C@](C)(OC)[C@@H]4Oc5c(O)ccc6c5[C@@]42CCN(CC2CC2)[C@@H]3C6)cc1C. The van der Waals surface area contributed by atoms with Gasteiger partial charge in [-0.05, 0) is 119 Å². The lowest BCUT2D eigenvalue weighted by Gasteiger charge is -2.68. The van der Waals surface area contributed by atoms with Crippen molar-refractivity contribution in [2.45, 2.75) is 95.0 Å². The van der Waals surface area contributed by atoms with E-state index in [-0.39, 0.29) is 28.3 Å². The van der Waals surface area contributed by atoms with Crippen LogP contribution < -0.4 is 4.74 Å². The molecule has 1 N–H and O–H groups in total. The normalized spacial score (nSPS) is 33.5. The summed E-state index contributed by atoms with van der Waals surface area (Å²) in [5, 5.41) is 11.0. The molecule has 0 radical (unpaired) electrons. The molecule has 1 saturated heterocycles. The molecule has 2 aliphatic heterocycles. The average Bonchev–Trinajstić information content (AvgIpc) is 3.61. The van der Waals surface area contributed by atoms with Crippen molar-refractivity contribution in [1.82, 2.24) is 4.90 Å². The maximum atomic E-state index is 11.0. The zero-order valence-electron chi connectivity index (χ0n) is 24.7. The largest absolute Gasteiger partial charge is 0.504 e. The molecule has 3 heterocycles. The number of piperidine rings is 1. The van der Waals surface area contributed by atoms with E-state index in [1.54, 1.807) is 17.4 Å². The van der Waals surface area contributed by atoms with Crippen molar-refractivity contribution in [1.29, 1.82) is 0 Å². The van der Waals surface area contributed by atoms with Gasteiger partial charge in [0, 0.05) is 47.0 Å². The molecule has 2 aromatic rings. The van der Waals surface area contributed by atoms with Crippen LogP contribution in [0.4, 0.5) is 0 Å². The van der Waals surface area contributed by atoms with E-state index in [0.29, 0.717) is 12.6 Å². The van der Waals surface area contributed by atoms with E-state index in [0.717, 1.165) is 63.3 Å². The minimum Gasteiger partial charge on any atom is -0.504 e. The maximum Gasteiger partial charge on any atom is 0.165 e. The molecule has 0 unspecified atom stereocenters. The number of aryl methyl sites for hydroxylation is 1. The van der Waals surface area contributed by atoms with Gasteiger partial charge in [0.25, 0.3) is 0 Å². The van der Waals surface area contributed by atoms with Crippen LogP contribution in [0.1, 0.15) is 78.3 Å². The molecule has 2 saturated carbocycles. The van der Waals surface area contributed by atoms with Gasteiger partial charge in [-0.25, -0.2) is 0 Å². The first-order chi connectivity index (χ1) is 19.8. The molecule has 2 bridgehead atoms. The minimum absolute atomic E-state index is 0.0744. The van der Waals surface area contributed by atoms with E-state index < -0.39 is 0 Å². The Kier molecular flexibility index (Phi) is 6.82. The summed E-state index contributed by atoms with van der Waals surface area (Å²) in [4.78, 5) is 5.30. The number of nitrogens with zero attached hydrogens (tertiary/aromatic N) is 1. The van der Waals surface area contributed by atoms with Gasteiger partial charge in [-0.3, -0.25) is 4.90 Å². The first-order valence-corrected chi connectivity index (χ1v) is 16.3. The van der Waals surface area contributed by atoms with Gasteiger partial charge < -0.3 is 19.3 Å². The van der Waals surface area contributed by atoms with Crippen LogP contribution in [-0.4, -0.2) is 54.6 Å². The smallest absolute Gasteiger partial charge is 0.165 e. The number of likely N-dealkylation sites (tertiary alicyclic amines) is 1. The number of thiophene rings is 1. The summed E-state index contributed by atoms with van der Waals surface area (Å²) in [6.07, 6.45) is 18.1. The van der Waals surface area contributed by atoms with Gasteiger partial charge in [0.1, 0.15) is 11.7 Å². The van der Waals surface area contributed by atoms with Gasteiger partial charge in [-0.2, -0.15) is 0 Å². The molecule has 3 aliphatic carbocycles. The Balaban J connectivity index is 1.18. The number of phenolic OH excluding ortho intramolecular Hbond substituents is 1. The summed E-state index contributed by atoms with van der Waals surface area (Å²) in [6.45, 7) is 8.07. The van der Waals surface area contributed by atoms with Crippen LogP contribution in [0.3, 0.4) is 0 Å². The number of phenols is 1. The van der Waals surface area contributed by atoms with E-state index in [9.17, 15) is 5.11 Å². The van der Waals surface area contributed by atoms with Crippen LogP contribution in [0.25, 0.3) is 6.08 Å². The topological polar surface area (TPSA) is 51.2 Å². The van der Waals surface area contributed by atoms with E-state index in [1.165, 1.54) is 45.8 Å². The number of hydrogen-bond acceptors (Lipinski definition) is 6. The number of terminal acetylenes is 1. The maximum absolute atomic E-state index is 11.0. The third-order valence-electron chi connectivity index (χ3n) is 11.3. The molecule has 5 aliphatic rings. The zero-order chi connectivity index (χ0) is 28.4. The second-order valence-electron chi connectivity index (χ2n) is 13.4. The Morgan fingerprint density at radius 1 is 1.27 bits per heavy atom. The molecule has 7 rings (SSSR count). The fourth-order valence-corrected chi connectivity index (χ4v) is 10.2. The molecular weight excluding hydrogens is 530 g/mol. The lowest BCUT2D eigenvalue weighted by molar-refractivity contribution is -0.207. The summed E-state index contributed by atoms with van der Waals surface area (Å²) >= 11 is 1.76. The van der Waals surface area contributed by atoms with Gasteiger partial charge >= 0.3 is 0 Å². The lowest BCUT2D eigenvalue weighted by atomic mass is 9.40. The van der Waals surface area contributed by atoms with Gasteiger partial charge in [0.15, 0.2) is 11.5 Å². The van der Waals surface area contributed by atoms with Crippen molar-refractivity contribution in [3.63, 3.8) is 0 Å². The van der Waals surface area contributed by atoms with Gasteiger partial charge in [-0.1, -0.05) is 12.0 Å². The summed E-state index contributed by atoms with van der Waals surface area (Å²) in [7, 11) is 1.84. The first kappa shape index (κ1) is 27.5. The Labute approximate surface area is 248 Å². The van der Waals surface area contributed by atoms with Gasteiger partial charge in [-0.15, -0.1) is 17.8 Å². The van der Waals surface area contributed by atoms with Crippen molar-refractivity contribution < 1.29 is 19.3 Å². The number of methoxy groups -OCH3 is 1.